The van der Waals surface area contributed by atoms with Crippen molar-refractivity contribution < 1.29 is 9.18 Å². The van der Waals surface area contributed by atoms with Crippen molar-refractivity contribution in [3.8, 4) is 11.3 Å². The topological polar surface area (TPSA) is 71.0 Å². The Bertz CT molecular complexity index is 1170. The second-order valence-corrected chi connectivity index (χ2v) is 8.62. The smallest absolute Gasteiger partial charge is 0.226 e. The molecule has 0 saturated carbocycles. The van der Waals surface area contributed by atoms with Crippen LogP contribution in [-0.2, 0) is 4.79 Å². The van der Waals surface area contributed by atoms with Crippen molar-refractivity contribution in [1.29, 1.82) is 0 Å². The first-order chi connectivity index (χ1) is 16.2. The predicted octanol–water partition coefficient (Wildman–Crippen LogP) is 5.09. The molecule has 3 aromatic rings. The summed E-state index contributed by atoms with van der Waals surface area (Å²) in [5.74, 6) is 1.36. The van der Waals surface area contributed by atoms with E-state index in [1.54, 1.807) is 24.5 Å². The van der Waals surface area contributed by atoms with Crippen LogP contribution in [0, 0.1) is 11.7 Å². The van der Waals surface area contributed by atoms with Gasteiger partial charge in [0.1, 0.15) is 17.5 Å². The Hall–Kier alpha value is -3.61. The third kappa shape index (κ3) is 4.92. The number of anilines is 2. The van der Waals surface area contributed by atoms with E-state index in [1.807, 2.05) is 23.1 Å². The lowest BCUT2D eigenvalue weighted by molar-refractivity contribution is -0.134. The molecule has 1 aliphatic carbocycles. The SMILES string of the molecule is O=C([C@@H]1CC=CCC1)N1CC[C@@H](c2nc(Nc3cccc(F)c3)cc(-c3ccncc3)n2)C1. The van der Waals surface area contributed by atoms with Crippen LogP contribution in [0.15, 0.2) is 67.0 Å². The Morgan fingerprint density at radius 3 is 2.73 bits per heavy atom. The van der Waals surface area contributed by atoms with E-state index in [0.717, 1.165) is 43.5 Å². The lowest BCUT2D eigenvalue weighted by Gasteiger charge is -2.24. The van der Waals surface area contributed by atoms with Crippen LogP contribution in [0.5, 0.6) is 0 Å². The first kappa shape index (κ1) is 21.2. The van der Waals surface area contributed by atoms with Crippen molar-refractivity contribution in [3.63, 3.8) is 0 Å². The maximum absolute atomic E-state index is 13.7. The van der Waals surface area contributed by atoms with Crippen LogP contribution < -0.4 is 5.32 Å². The molecule has 7 heteroatoms. The number of carbonyl (C=O) groups is 1. The first-order valence-corrected chi connectivity index (χ1v) is 11.4. The number of hydrogen-bond acceptors (Lipinski definition) is 5. The number of pyridine rings is 1. The monoisotopic (exact) mass is 443 g/mol. The molecule has 0 unspecified atom stereocenters. The lowest BCUT2D eigenvalue weighted by atomic mass is 9.93. The fourth-order valence-corrected chi connectivity index (χ4v) is 4.54. The zero-order valence-corrected chi connectivity index (χ0v) is 18.3. The number of allylic oxidation sites excluding steroid dienone is 2. The van der Waals surface area contributed by atoms with Gasteiger partial charge in [0, 0.05) is 54.6 Å². The molecule has 5 rings (SSSR count). The molecule has 33 heavy (non-hydrogen) atoms. The Kier molecular flexibility index (Phi) is 6.11. The summed E-state index contributed by atoms with van der Waals surface area (Å²) in [6.07, 6.45) is 11.3. The highest BCUT2D eigenvalue weighted by molar-refractivity contribution is 5.79. The largest absolute Gasteiger partial charge is 0.342 e. The number of rotatable bonds is 5. The molecule has 0 radical (unpaired) electrons. The first-order valence-electron chi connectivity index (χ1n) is 11.4. The Morgan fingerprint density at radius 1 is 1.06 bits per heavy atom. The van der Waals surface area contributed by atoms with Gasteiger partial charge in [0.05, 0.1) is 5.69 Å². The highest BCUT2D eigenvalue weighted by Crippen LogP contribution is 2.31. The minimum Gasteiger partial charge on any atom is -0.342 e. The molecule has 0 bridgehead atoms. The van der Waals surface area contributed by atoms with Crippen molar-refractivity contribution in [2.75, 3.05) is 18.4 Å². The summed E-state index contributed by atoms with van der Waals surface area (Å²) >= 11 is 0. The fraction of sp³-hybridized carbons (Fsp3) is 0.308. The van der Waals surface area contributed by atoms with E-state index in [4.69, 9.17) is 9.97 Å². The molecule has 1 aliphatic heterocycles. The highest BCUT2D eigenvalue weighted by Gasteiger charge is 2.33. The molecule has 1 amide bonds. The number of hydrogen-bond donors (Lipinski definition) is 1. The van der Waals surface area contributed by atoms with Crippen molar-refractivity contribution in [3.05, 3.63) is 78.7 Å². The van der Waals surface area contributed by atoms with Gasteiger partial charge in [-0.15, -0.1) is 0 Å². The summed E-state index contributed by atoms with van der Waals surface area (Å²) in [4.78, 5) is 28.7. The van der Waals surface area contributed by atoms with Gasteiger partial charge in [-0.25, -0.2) is 14.4 Å². The van der Waals surface area contributed by atoms with Crippen LogP contribution in [0.1, 0.15) is 37.4 Å². The minimum atomic E-state index is -0.314. The van der Waals surface area contributed by atoms with E-state index in [2.05, 4.69) is 22.5 Å². The number of halogens is 1. The maximum atomic E-state index is 13.7. The van der Waals surface area contributed by atoms with Crippen molar-refractivity contribution in [2.45, 2.75) is 31.6 Å². The van der Waals surface area contributed by atoms with Gasteiger partial charge >= 0.3 is 0 Å². The zero-order chi connectivity index (χ0) is 22.6. The van der Waals surface area contributed by atoms with Crippen molar-refractivity contribution in [1.82, 2.24) is 19.9 Å². The molecule has 1 aromatic carbocycles. The third-order valence-corrected chi connectivity index (χ3v) is 6.30. The zero-order valence-electron chi connectivity index (χ0n) is 18.3. The Morgan fingerprint density at radius 2 is 1.94 bits per heavy atom. The fourth-order valence-electron chi connectivity index (χ4n) is 4.54. The van der Waals surface area contributed by atoms with E-state index in [-0.39, 0.29) is 23.6 Å². The number of amides is 1. The molecule has 2 aliphatic rings. The molecule has 2 atom stereocenters. The van der Waals surface area contributed by atoms with Crippen LogP contribution in [0.4, 0.5) is 15.9 Å². The van der Waals surface area contributed by atoms with Gasteiger partial charge < -0.3 is 10.2 Å². The number of nitrogens with one attached hydrogen (secondary N) is 1. The maximum Gasteiger partial charge on any atom is 0.226 e. The molecule has 2 aromatic heterocycles. The average Bonchev–Trinajstić information content (AvgIpc) is 3.35. The number of aromatic nitrogens is 3. The standard InChI is InChI=1S/C26H26FN5O/c27-21-7-4-8-22(15-21)29-24-16-23(18-9-12-28-13-10-18)30-25(31-24)20-11-14-32(17-20)26(33)19-5-2-1-3-6-19/h1-2,4,7-10,12-13,15-16,19-20H,3,5-6,11,14,17H2,(H,29,30,31)/t19-,20-/m1/s1. The number of likely N-dealkylation sites (tertiary alicyclic amines) is 1. The van der Waals surface area contributed by atoms with Gasteiger partial charge in [0.2, 0.25) is 5.91 Å². The minimum absolute atomic E-state index is 0.0583. The second kappa shape index (κ2) is 9.48. The van der Waals surface area contributed by atoms with Crippen LogP contribution in [0.3, 0.4) is 0 Å². The molecular formula is C26H26FN5O. The number of benzene rings is 1. The normalized spacial score (nSPS) is 20.1. The van der Waals surface area contributed by atoms with E-state index in [9.17, 15) is 9.18 Å². The summed E-state index contributed by atoms with van der Waals surface area (Å²) in [5, 5.41) is 3.21. The van der Waals surface area contributed by atoms with Gasteiger partial charge in [-0.3, -0.25) is 9.78 Å². The van der Waals surface area contributed by atoms with E-state index in [0.29, 0.717) is 23.9 Å². The van der Waals surface area contributed by atoms with Crippen LogP contribution in [0.2, 0.25) is 0 Å². The lowest BCUT2D eigenvalue weighted by Crippen LogP contribution is -2.34. The molecule has 168 valence electrons. The second-order valence-electron chi connectivity index (χ2n) is 8.62. The molecule has 0 spiro atoms. The van der Waals surface area contributed by atoms with Gasteiger partial charge in [-0.2, -0.15) is 0 Å². The molecule has 3 heterocycles. The number of nitrogens with zero attached hydrogens (tertiary/aromatic N) is 4. The Labute approximate surface area is 192 Å². The summed E-state index contributed by atoms with van der Waals surface area (Å²) in [5.41, 5.74) is 2.31. The predicted molar refractivity (Wildman–Crippen MR) is 125 cm³/mol. The molecule has 1 saturated heterocycles. The van der Waals surface area contributed by atoms with Gasteiger partial charge in [-0.05, 0) is 56.0 Å². The van der Waals surface area contributed by atoms with Crippen molar-refractivity contribution >= 4 is 17.4 Å². The summed E-state index contributed by atoms with van der Waals surface area (Å²) < 4.78 is 13.7. The van der Waals surface area contributed by atoms with Crippen LogP contribution in [-0.4, -0.2) is 38.8 Å². The molecule has 1 N–H and O–H groups in total. The van der Waals surface area contributed by atoms with Gasteiger partial charge in [-0.1, -0.05) is 18.2 Å². The summed E-state index contributed by atoms with van der Waals surface area (Å²) in [7, 11) is 0. The highest BCUT2D eigenvalue weighted by atomic mass is 19.1. The van der Waals surface area contributed by atoms with E-state index in [1.165, 1.54) is 12.1 Å². The van der Waals surface area contributed by atoms with Crippen LogP contribution in [0.25, 0.3) is 11.3 Å². The molecule has 6 nitrogen and oxygen atoms in total. The van der Waals surface area contributed by atoms with Crippen molar-refractivity contribution in [2.24, 2.45) is 5.92 Å². The quantitative estimate of drug-likeness (QED) is 0.556. The molecular weight excluding hydrogens is 417 g/mol. The molecule has 1 fully saturated rings. The van der Waals surface area contributed by atoms with E-state index < -0.39 is 0 Å². The van der Waals surface area contributed by atoms with E-state index >= 15 is 0 Å². The van der Waals surface area contributed by atoms with Gasteiger partial charge in [0.15, 0.2) is 0 Å². The third-order valence-electron chi connectivity index (χ3n) is 6.30. The van der Waals surface area contributed by atoms with Gasteiger partial charge in [0.25, 0.3) is 0 Å². The summed E-state index contributed by atoms with van der Waals surface area (Å²) in [6, 6.07) is 12.0. The number of carbonyl (C=O) groups excluding carboxylic acids is 1. The Balaban J connectivity index is 1.41. The average molecular weight is 444 g/mol. The summed E-state index contributed by atoms with van der Waals surface area (Å²) in [6.45, 7) is 1.34. The van der Waals surface area contributed by atoms with Crippen LogP contribution >= 0.6 is 0 Å².